The molecule has 0 aliphatic carbocycles. The first kappa shape index (κ1) is 24.8. The Morgan fingerprint density at radius 2 is 1.39 bits per heavy atom. The van der Waals surface area contributed by atoms with Gasteiger partial charge in [0.05, 0.1) is 6.42 Å². The molecule has 0 heterocycles. The van der Waals surface area contributed by atoms with Gasteiger partial charge >= 0.3 is 0 Å². The molecule has 0 saturated heterocycles. The van der Waals surface area contributed by atoms with E-state index < -0.39 is 6.04 Å². The molecule has 0 fully saturated rings. The number of nitrogens with zero attached hydrogens (tertiary/aromatic N) is 1. The van der Waals surface area contributed by atoms with E-state index >= 15 is 0 Å². The van der Waals surface area contributed by atoms with Gasteiger partial charge in [-0.15, -0.1) is 0 Å². The summed E-state index contributed by atoms with van der Waals surface area (Å²) in [4.78, 5) is 28.6. The van der Waals surface area contributed by atoms with E-state index in [0.29, 0.717) is 16.5 Å². The minimum Gasteiger partial charge on any atom is -0.352 e. The van der Waals surface area contributed by atoms with Crippen molar-refractivity contribution in [3.05, 3.63) is 106 Å². The monoisotopic (exact) mass is 482 g/mol. The number of carbonyl (C=O) groups is 2. The molecule has 6 heteroatoms. The summed E-state index contributed by atoms with van der Waals surface area (Å²) in [5.41, 5.74) is 2.64. The highest BCUT2D eigenvalue weighted by molar-refractivity contribution is 6.30. The second-order valence-electron chi connectivity index (χ2n) is 8.33. The van der Waals surface area contributed by atoms with Crippen LogP contribution in [0.15, 0.2) is 78.9 Å². The molecule has 0 bridgehead atoms. The maximum Gasteiger partial charge on any atom is 0.243 e. The number of amides is 2. The van der Waals surface area contributed by atoms with Gasteiger partial charge in [0.25, 0.3) is 0 Å². The molecule has 3 aromatic rings. The van der Waals surface area contributed by atoms with Crippen LogP contribution in [0.5, 0.6) is 0 Å². The Balaban J connectivity index is 1.97. The highest BCUT2D eigenvalue weighted by Gasteiger charge is 2.30. The molecular formula is C27H28Cl2N2O2. The molecule has 172 valence electrons. The second kappa shape index (κ2) is 11.9. The number of hydrogen-bond donors (Lipinski definition) is 1. The van der Waals surface area contributed by atoms with Gasteiger partial charge in [0.2, 0.25) is 11.8 Å². The van der Waals surface area contributed by atoms with Gasteiger partial charge in [0, 0.05) is 29.1 Å². The normalized spacial score (nSPS) is 11.8. The summed E-state index contributed by atoms with van der Waals surface area (Å²) in [5, 5.41) is 4.14. The van der Waals surface area contributed by atoms with E-state index in [0.717, 1.165) is 16.7 Å². The lowest BCUT2D eigenvalue weighted by Crippen LogP contribution is -2.52. The molecule has 2 amide bonds. The van der Waals surface area contributed by atoms with Gasteiger partial charge in [-0.2, -0.15) is 0 Å². The second-order valence-corrected chi connectivity index (χ2v) is 9.20. The molecule has 0 saturated carbocycles. The van der Waals surface area contributed by atoms with Gasteiger partial charge < -0.3 is 10.2 Å². The van der Waals surface area contributed by atoms with Crippen molar-refractivity contribution in [2.24, 2.45) is 0 Å². The molecule has 3 aromatic carbocycles. The van der Waals surface area contributed by atoms with E-state index in [2.05, 4.69) is 5.32 Å². The Hall–Kier alpha value is -2.82. The minimum absolute atomic E-state index is 0.0492. The lowest BCUT2D eigenvalue weighted by atomic mass is 10.0. The van der Waals surface area contributed by atoms with Crippen molar-refractivity contribution in [1.82, 2.24) is 10.2 Å². The van der Waals surface area contributed by atoms with Crippen LogP contribution >= 0.6 is 23.2 Å². The number of hydrogen-bond acceptors (Lipinski definition) is 2. The fraction of sp³-hybridized carbons (Fsp3) is 0.259. The molecule has 33 heavy (non-hydrogen) atoms. The molecule has 1 atom stereocenters. The van der Waals surface area contributed by atoms with Crippen molar-refractivity contribution in [2.75, 3.05) is 0 Å². The summed E-state index contributed by atoms with van der Waals surface area (Å²) >= 11 is 12.3. The average Bonchev–Trinajstić information content (AvgIpc) is 2.76. The Morgan fingerprint density at radius 3 is 2.00 bits per heavy atom. The van der Waals surface area contributed by atoms with Crippen LogP contribution in [0.3, 0.4) is 0 Å². The van der Waals surface area contributed by atoms with Crippen molar-refractivity contribution in [3.8, 4) is 0 Å². The van der Waals surface area contributed by atoms with Crippen LogP contribution in [-0.2, 0) is 29.0 Å². The van der Waals surface area contributed by atoms with E-state index in [1.165, 1.54) is 0 Å². The summed E-state index contributed by atoms with van der Waals surface area (Å²) in [5.74, 6) is -0.340. The summed E-state index contributed by atoms with van der Waals surface area (Å²) in [6.45, 7) is 4.09. The topological polar surface area (TPSA) is 49.4 Å². The third kappa shape index (κ3) is 7.62. The molecule has 4 nitrogen and oxygen atoms in total. The van der Waals surface area contributed by atoms with E-state index in [1.807, 2.05) is 74.5 Å². The molecule has 3 rings (SSSR count). The molecule has 1 N–H and O–H groups in total. The van der Waals surface area contributed by atoms with Crippen LogP contribution in [0.25, 0.3) is 0 Å². The van der Waals surface area contributed by atoms with Gasteiger partial charge in [0.15, 0.2) is 0 Å². The number of rotatable bonds is 9. The highest BCUT2D eigenvalue weighted by atomic mass is 35.5. The van der Waals surface area contributed by atoms with Crippen molar-refractivity contribution in [3.63, 3.8) is 0 Å². The lowest BCUT2D eigenvalue weighted by Gasteiger charge is -2.32. The Bertz CT molecular complexity index is 1090. The largest absolute Gasteiger partial charge is 0.352 e. The maximum atomic E-state index is 13.6. The van der Waals surface area contributed by atoms with Gasteiger partial charge in [-0.05, 0) is 54.8 Å². The van der Waals surface area contributed by atoms with E-state index in [4.69, 9.17) is 23.2 Å². The van der Waals surface area contributed by atoms with E-state index in [9.17, 15) is 9.59 Å². The quantitative estimate of drug-likeness (QED) is 0.425. The van der Waals surface area contributed by atoms with Crippen LogP contribution in [0.1, 0.15) is 30.5 Å². The Morgan fingerprint density at radius 1 is 0.818 bits per heavy atom. The zero-order valence-electron chi connectivity index (χ0n) is 18.8. The van der Waals surface area contributed by atoms with Crippen LogP contribution < -0.4 is 5.32 Å². The molecule has 0 radical (unpaired) electrons. The van der Waals surface area contributed by atoms with Crippen LogP contribution in [-0.4, -0.2) is 28.8 Å². The van der Waals surface area contributed by atoms with Gasteiger partial charge in [-0.1, -0.05) is 77.8 Å². The van der Waals surface area contributed by atoms with Crippen LogP contribution in [0, 0.1) is 0 Å². The average molecular weight is 483 g/mol. The highest BCUT2D eigenvalue weighted by Crippen LogP contribution is 2.19. The predicted molar refractivity (Wildman–Crippen MR) is 134 cm³/mol. The van der Waals surface area contributed by atoms with Gasteiger partial charge in [-0.25, -0.2) is 0 Å². The van der Waals surface area contributed by atoms with Gasteiger partial charge in [0.1, 0.15) is 6.04 Å². The third-order valence-electron chi connectivity index (χ3n) is 5.19. The SMILES string of the molecule is CC(C)NC(=O)C(Cc1ccccc1)N(Cc1cccc(Cl)c1)C(=O)Cc1cccc(Cl)c1. The first-order valence-corrected chi connectivity index (χ1v) is 11.7. The van der Waals surface area contributed by atoms with Crippen molar-refractivity contribution in [1.29, 1.82) is 0 Å². The maximum absolute atomic E-state index is 13.6. The first-order chi connectivity index (χ1) is 15.8. The number of carbonyl (C=O) groups excluding carboxylic acids is 2. The van der Waals surface area contributed by atoms with E-state index in [-0.39, 0.29) is 30.8 Å². The lowest BCUT2D eigenvalue weighted by molar-refractivity contribution is -0.141. The van der Waals surface area contributed by atoms with Crippen LogP contribution in [0.2, 0.25) is 10.0 Å². The van der Waals surface area contributed by atoms with Crippen molar-refractivity contribution >= 4 is 35.0 Å². The zero-order valence-corrected chi connectivity index (χ0v) is 20.3. The van der Waals surface area contributed by atoms with Crippen LogP contribution in [0.4, 0.5) is 0 Å². The summed E-state index contributed by atoms with van der Waals surface area (Å²) < 4.78 is 0. The molecule has 0 spiro atoms. The standard InChI is InChI=1S/C27H28Cl2N2O2/c1-19(2)30-27(33)25(16-20-8-4-3-5-9-20)31(18-22-11-7-13-24(29)15-22)26(32)17-21-10-6-12-23(28)14-21/h3-15,19,25H,16-18H2,1-2H3,(H,30,33). The summed E-state index contributed by atoms with van der Waals surface area (Å²) in [6, 6.07) is 23.6. The molecule has 1 unspecified atom stereocenters. The molecule has 0 aromatic heterocycles. The summed E-state index contributed by atoms with van der Waals surface area (Å²) in [6.07, 6.45) is 0.544. The molecule has 0 aliphatic rings. The van der Waals surface area contributed by atoms with Crippen molar-refractivity contribution < 1.29 is 9.59 Å². The van der Waals surface area contributed by atoms with Gasteiger partial charge in [-0.3, -0.25) is 9.59 Å². The fourth-order valence-electron chi connectivity index (χ4n) is 3.69. The Labute approximate surface area is 205 Å². The molecule has 0 aliphatic heterocycles. The van der Waals surface area contributed by atoms with E-state index in [1.54, 1.807) is 23.1 Å². The molecular weight excluding hydrogens is 455 g/mol. The fourth-order valence-corrected chi connectivity index (χ4v) is 4.12. The minimum atomic E-state index is -0.680. The zero-order chi connectivity index (χ0) is 23.8. The predicted octanol–water partition coefficient (Wildman–Crippen LogP) is 5.70. The third-order valence-corrected chi connectivity index (χ3v) is 5.66. The smallest absolute Gasteiger partial charge is 0.243 e. The number of halogens is 2. The Kier molecular flexibility index (Phi) is 8.93. The number of benzene rings is 3. The first-order valence-electron chi connectivity index (χ1n) is 10.9. The number of nitrogens with one attached hydrogen (secondary N) is 1. The van der Waals surface area contributed by atoms with Crippen molar-refractivity contribution in [2.45, 2.75) is 45.3 Å². The summed E-state index contributed by atoms with van der Waals surface area (Å²) in [7, 11) is 0.